The second kappa shape index (κ2) is 7.05. The Morgan fingerprint density at radius 2 is 1.86 bits per heavy atom. The van der Waals surface area contributed by atoms with Crippen LogP contribution >= 0.6 is 11.6 Å². The summed E-state index contributed by atoms with van der Waals surface area (Å²) in [7, 11) is 0. The number of aromatic nitrogens is 3. The maximum Gasteiger partial charge on any atom is 0.235 e. The van der Waals surface area contributed by atoms with E-state index in [1.807, 2.05) is 59.1 Å². The number of nitrogens with zero attached hydrogens (tertiary/aromatic N) is 3. The minimum Gasteiger partial charge on any atom is -0.486 e. The molecule has 0 amide bonds. The minimum atomic E-state index is 0.546. The number of ether oxygens (including phenoxy) is 2. The Balaban J connectivity index is 1.55. The van der Waals surface area contributed by atoms with Crippen LogP contribution in [0.5, 0.6) is 11.5 Å². The molecule has 2 aromatic heterocycles. The lowest BCUT2D eigenvalue weighted by Crippen LogP contribution is -2.15. The van der Waals surface area contributed by atoms with Crippen LogP contribution in [0.4, 0.5) is 5.82 Å². The summed E-state index contributed by atoms with van der Waals surface area (Å²) in [5.74, 6) is 2.99. The zero-order chi connectivity index (χ0) is 18.9. The highest BCUT2D eigenvalue weighted by Gasteiger charge is 2.18. The van der Waals surface area contributed by atoms with E-state index in [1.165, 1.54) is 0 Å². The normalized spacial score (nSPS) is 12.9. The summed E-state index contributed by atoms with van der Waals surface area (Å²) in [5, 5.41) is 4.22. The van der Waals surface area contributed by atoms with Gasteiger partial charge in [-0.15, -0.1) is 0 Å². The van der Waals surface area contributed by atoms with Crippen LogP contribution in [-0.4, -0.2) is 27.6 Å². The number of halogens is 1. The lowest BCUT2D eigenvalue weighted by molar-refractivity contribution is 0.171. The van der Waals surface area contributed by atoms with Gasteiger partial charge >= 0.3 is 0 Å². The first kappa shape index (κ1) is 16.9. The quantitative estimate of drug-likeness (QED) is 0.556. The molecule has 140 valence electrons. The van der Waals surface area contributed by atoms with Gasteiger partial charge in [0.05, 0.1) is 0 Å². The van der Waals surface area contributed by atoms with Crippen molar-refractivity contribution in [3.63, 3.8) is 0 Å². The highest BCUT2D eigenvalue weighted by molar-refractivity contribution is 6.30. The average molecular weight is 393 g/mol. The van der Waals surface area contributed by atoms with Crippen molar-refractivity contribution in [2.75, 3.05) is 18.5 Å². The van der Waals surface area contributed by atoms with Crippen molar-refractivity contribution >= 4 is 23.2 Å². The number of fused-ring (bicyclic) bond motifs is 2. The summed E-state index contributed by atoms with van der Waals surface area (Å²) >= 11 is 5.99. The minimum absolute atomic E-state index is 0.546. The molecule has 0 saturated heterocycles. The van der Waals surface area contributed by atoms with Crippen molar-refractivity contribution in [2.45, 2.75) is 6.54 Å². The van der Waals surface area contributed by atoms with Crippen LogP contribution in [0.15, 0.2) is 60.9 Å². The van der Waals surface area contributed by atoms with Gasteiger partial charge in [0, 0.05) is 29.5 Å². The molecule has 0 atom stereocenters. The molecule has 1 aliphatic rings. The van der Waals surface area contributed by atoms with E-state index in [4.69, 9.17) is 26.1 Å². The lowest BCUT2D eigenvalue weighted by atomic mass is 10.1. The molecule has 1 aliphatic heterocycles. The Labute approximate surface area is 166 Å². The third kappa shape index (κ3) is 3.12. The smallest absolute Gasteiger partial charge is 0.235 e. The summed E-state index contributed by atoms with van der Waals surface area (Å²) in [6.07, 6.45) is 3.68. The number of anilines is 1. The summed E-state index contributed by atoms with van der Waals surface area (Å²) < 4.78 is 13.3. The number of nitrogens with one attached hydrogen (secondary N) is 1. The first-order valence-electron chi connectivity index (χ1n) is 8.99. The molecule has 28 heavy (non-hydrogen) atoms. The van der Waals surface area contributed by atoms with Gasteiger partial charge in [-0.2, -0.15) is 0 Å². The van der Waals surface area contributed by atoms with Crippen LogP contribution in [0.1, 0.15) is 5.56 Å². The first-order valence-corrected chi connectivity index (χ1v) is 9.37. The topological polar surface area (TPSA) is 60.7 Å². The molecule has 6 nitrogen and oxygen atoms in total. The second-order valence-electron chi connectivity index (χ2n) is 6.44. The fraction of sp³-hybridized carbons (Fsp3) is 0.143. The Morgan fingerprint density at radius 1 is 1.04 bits per heavy atom. The third-order valence-corrected chi connectivity index (χ3v) is 4.84. The van der Waals surface area contributed by atoms with Crippen LogP contribution < -0.4 is 14.8 Å². The Hall–Kier alpha value is -3.25. The van der Waals surface area contributed by atoms with Gasteiger partial charge in [-0.05, 0) is 42.0 Å². The maximum atomic E-state index is 5.99. The Bertz CT molecular complexity index is 1140. The third-order valence-electron chi connectivity index (χ3n) is 4.59. The van der Waals surface area contributed by atoms with Crippen molar-refractivity contribution in [3.8, 4) is 22.8 Å². The van der Waals surface area contributed by atoms with Crippen LogP contribution in [-0.2, 0) is 6.54 Å². The van der Waals surface area contributed by atoms with E-state index in [9.17, 15) is 0 Å². The average Bonchev–Trinajstić information content (AvgIpc) is 3.12. The van der Waals surface area contributed by atoms with Gasteiger partial charge in [0.2, 0.25) is 5.78 Å². The zero-order valence-electron chi connectivity index (χ0n) is 14.9. The molecule has 1 N–H and O–H groups in total. The molecule has 0 bridgehead atoms. The molecular formula is C21H17ClN4O2. The molecule has 0 saturated carbocycles. The number of hydrogen-bond donors (Lipinski definition) is 1. The van der Waals surface area contributed by atoms with E-state index in [2.05, 4.69) is 10.3 Å². The maximum absolute atomic E-state index is 5.99. The van der Waals surface area contributed by atoms with Crippen molar-refractivity contribution in [1.29, 1.82) is 0 Å². The number of imidazole rings is 1. The fourth-order valence-corrected chi connectivity index (χ4v) is 3.36. The van der Waals surface area contributed by atoms with Crippen molar-refractivity contribution in [1.82, 2.24) is 14.4 Å². The van der Waals surface area contributed by atoms with Gasteiger partial charge in [0.15, 0.2) is 11.5 Å². The van der Waals surface area contributed by atoms with Crippen molar-refractivity contribution in [3.05, 3.63) is 71.5 Å². The molecule has 4 aromatic rings. The molecular weight excluding hydrogens is 376 g/mol. The summed E-state index contributed by atoms with van der Waals surface area (Å²) in [4.78, 5) is 9.11. The number of hydrogen-bond acceptors (Lipinski definition) is 5. The van der Waals surface area contributed by atoms with E-state index in [-0.39, 0.29) is 0 Å². The standard InChI is InChI=1S/C21H17ClN4O2/c22-16-5-2-14(3-6-16)13-24-20-19(25-21-23-8-1-9-26(20)21)15-4-7-17-18(12-15)28-11-10-27-17/h1-9,12,24H,10-11,13H2. The van der Waals surface area contributed by atoms with Gasteiger partial charge in [-0.1, -0.05) is 23.7 Å². The van der Waals surface area contributed by atoms with E-state index < -0.39 is 0 Å². The van der Waals surface area contributed by atoms with Crippen molar-refractivity contribution < 1.29 is 9.47 Å². The molecule has 3 heterocycles. The van der Waals surface area contributed by atoms with Gasteiger partial charge in [0.25, 0.3) is 0 Å². The largest absolute Gasteiger partial charge is 0.486 e. The number of rotatable bonds is 4. The van der Waals surface area contributed by atoms with E-state index in [1.54, 1.807) is 6.20 Å². The summed E-state index contributed by atoms with van der Waals surface area (Å²) in [6.45, 7) is 1.75. The fourth-order valence-electron chi connectivity index (χ4n) is 3.24. The van der Waals surface area contributed by atoms with Crippen LogP contribution in [0, 0.1) is 0 Å². The Kier molecular flexibility index (Phi) is 4.25. The monoisotopic (exact) mass is 392 g/mol. The van der Waals surface area contributed by atoms with E-state index in [0.717, 1.165) is 39.2 Å². The highest BCUT2D eigenvalue weighted by atomic mass is 35.5. The molecule has 0 radical (unpaired) electrons. The second-order valence-corrected chi connectivity index (χ2v) is 6.87. The summed E-state index contributed by atoms with van der Waals surface area (Å²) in [5.41, 5.74) is 2.87. The van der Waals surface area contributed by atoms with E-state index in [0.29, 0.717) is 25.5 Å². The van der Waals surface area contributed by atoms with E-state index >= 15 is 0 Å². The molecule has 2 aromatic carbocycles. The lowest BCUT2D eigenvalue weighted by Gasteiger charge is -2.18. The van der Waals surface area contributed by atoms with Crippen molar-refractivity contribution in [2.24, 2.45) is 0 Å². The van der Waals surface area contributed by atoms with Gasteiger partial charge in [0.1, 0.15) is 24.7 Å². The molecule has 0 spiro atoms. The number of benzene rings is 2. The van der Waals surface area contributed by atoms with Gasteiger partial charge in [-0.25, -0.2) is 9.97 Å². The summed E-state index contributed by atoms with van der Waals surface area (Å²) in [6, 6.07) is 15.5. The van der Waals surface area contributed by atoms with Crippen LogP contribution in [0.25, 0.3) is 17.0 Å². The van der Waals surface area contributed by atoms with Crippen LogP contribution in [0.2, 0.25) is 5.02 Å². The van der Waals surface area contributed by atoms with Gasteiger partial charge in [-0.3, -0.25) is 4.40 Å². The molecule has 7 heteroatoms. The predicted octanol–water partition coefficient (Wildman–Crippen LogP) is 4.43. The molecule has 0 fully saturated rings. The molecule has 5 rings (SSSR count). The molecule has 0 unspecified atom stereocenters. The molecule has 0 aliphatic carbocycles. The van der Waals surface area contributed by atoms with Gasteiger partial charge < -0.3 is 14.8 Å². The highest BCUT2D eigenvalue weighted by Crippen LogP contribution is 2.37. The predicted molar refractivity (Wildman–Crippen MR) is 108 cm³/mol. The SMILES string of the molecule is Clc1ccc(CNc2c(-c3ccc4c(c3)OCCO4)nc3ncccn23)cc1. The zero-order valence-corrected chi connectivity index (χ0v) is 15.7. The van der Waals surface area contributed by atoms with Crippen LogP contribution in [0.3, 0.4) is 0 Å². The first-order chi connectivity index (χ1) is 13.8. The Morgan fingerprint density at radius 3 is 2.71 bits per heavy atom.